The normalized spacial score (nSPS) is 24.8. The number of aliphatic hydroxyl groups is 1. The lowest BCUT2D eigenvalue weighted by Crippen LogP contribution is -2.30. The van der Waals surface area contributed by atoms with Gasteiger partial charge in [0.25, 0.3) is 0 Å². The van der Waals surface area contributed by atoms with Crippen molar-refractivity contribution in [1.29, 1.82) is 0 Å². The summed E-state index contributed by atoms with van der Waals surface area (Å²) in [6.45, 7) is 5.31. The standard InChI is InChI=1S/C12H16N4O/c1-9-7-10-11(13-4-6-16(10)14-9)15-5-3-12(2,17)8-15/h4,6-7,17H,3,5,8H2,1-2H3. The van der Waals surface area contributed by atoms with Crippen molar-refractivity contribution in [3.63, 3.8) is 0 Å². The highest BCUT2D eigenvalue weighted by atomic mass is 16.3. The van der Waals surface area contributed by atoms with E-state index in [1.54, 1.807) is 6.20 Å². The summed E-state index contributed by atoms with van der Waals surface area (Å²) in [6, 6.07) is 2.02. The molecule has 2 aromatic rings. The molecule has 2 aromatic heterocycles. The van der Waals surface area contributed by atoms with Gasteiger partial charge in [-0.3, -0.25) is 0 Å². The van der Waals surface area contributed by atoms with Crippen LogP contribution in [0.5, 0.6) is 0 Å². The number of hydrogen-bond donors (Lipinski definition) is 1. The fourth-order valence-corrected chi connectivity index (χ4v) is 2.40. The highest BCUT2D eigenvalue weighted by molar-refractivity contribution is 5.69. The maximum atomic E-state index is 10.0. The van der Waals surface area contributed by atoms with Crippen molar-refractivity contribution in [2.75, 3.05) is 18.0 Å². The van der Waals surface area contributed by atoms with Crippen LogP contribution in [0.25, 0.3) is 5.52 Å². The Morgan fingerprint density at radius 1 is 1.47 bits per heavy atom. The molecule has 5 nitrogen and oxygen atoms in total. The number of rotatable bonds is 1. The van der Waals surface area contributed by atoms with Gasteiger partial charge in [0.05, 0.1) is 11.3 Å². The number of nitrogens with zero attached hydrogens (tertiary/aromatic N) is 4. The first-order valence-corrected chi connectivity index (χ1v) is 5.83. The number of hydrogen-bond acceptors (Lipinski definition) is 4. The molecule has 0 bridgehead atoms. The molecule has 0 saturated carbocycles. The fraction of sp³-hybridized carbons (Fsp3) is 0.500. The van der Waals surface area contributed by atoms with Crippen molar-refractivity contribution in [3.8, 4) is 0 Å². The summed E-state index contributed by atoms with van der Waals surface area (Å²) in [5, 5.41) is 14.4. The Bertz CT molecular complexity index is 561. The Kier molecular flexibility index (Phi) is 2.13. The smallest absolute Gasteiger partial charge is 0.154 e. The third-order valence-corrected chi connectivity index (χ3v) is 3.24. The van der Waals surface area contributed by atoms with Gasteiger partial charge in [-0.05, 0) is 26.3 Å². The maximum absolute atomic E-state index is 10.0. The van der Waals surface area contributed by atoms with Crippen LogP contribution < -0.4 is 4.90 Å². The molecule has 1 atom stereocenters. The van der Waals surface area contributed by atoms with Gasteiger partial charge in [-0.25, -0.2) is 9.50 Å². The van der Waals surface area contributed by atoms with Crippen LogP contribution in [0.1, 0.15) is 19.0 Å². The minimum absolute atomic E-state index is 0.608. The Hall–Kier alpha value is -1.62. The van der Waals surface area contributed by atoms with Crippen LogP contribution >= 0.6 is 0 Å². The molecular formula is C12H16N4O. The lowest BCUT2D eigenvalue weighted by atomic mass is 10.1. The second kappa shape index (κ2) is 3.43. The third kappa shape index (κ3) is 1.76. The second-order valence-corrected chi connectivity index (χ2v) is 5.03. The summed E-state index contributed by atoms with van der Waals surface area (Å²) in [5.74, 6) is 0.908. The first-order valence-electron chi connectivity index (χ1n) is 5.83. The number of fused-ring (bicyclic) bond motifs is 1. The first-order chi connectivity index (χ1) is 8.05. The molecule has 0 radical (unpaired) electrons. The van der Waals surface area contributed by atoms with E-state index in [1.807, 2.05) is 30.6 Å². The van der Waals surface area contributed by atoms with Crippen molar-refractivity contribution in [3.05, 3.63) is 24.2 Å². The quantitative estimate of drug-likeness (QED) is 0.797. The molecule has 17 heavy (non-hydrogen) atoms. The molecule has 1 saturated heterocycles. The molecule has 0 spiro atoms. The van der Waals surface area contributed by atoms with Gasteiger partial charge in [0.2, 0.25) is 0 Å². The maximum Gasteiger partial charge on any atom is 0.154 e. The summed E-state index contributed by atoms with van der Waals surface area (Å²) >= 11 is 0. The van der Waals surface area contributed by atoms with Crippen LogP contribution in [0.4, 0.5) is 5.82 Å². The molecule has 1 N–H and O–H groups in total. The highest BCUT2D eigenvalue weighted by Gasteiger charge is 2.32. The molecule has 0 aliphatic carbocycles. The number of aromatic nitrogens is 3. The lowest BCUT2D eigenvalue weighted by Gasteiger charge is -2.20. The number of aryl methyl sites for hydroxylation is 1. The zero-order valence-corrected chi connectivity index (χ0v) is 10.1. The molecule has 0 amide bonds. The third-order valence-electron chi connectivity index (χ3n) is 3.24. The fourth-order valence-electron chi connectivity index (χ4n) is 2.40. The van der Waals surface area contributed by atoms with Crippen LogP contribution in [0.15, 0.2) is 18.5 Å². The molecule has 1 aliphatic rings. The number of β-amino-alcohol motifs (C(OH)–C–C–N with tert-alkyl or cyclic N) is 1. The van der Waals surface area contributed by atoms with Gasteiger partial charge in [0.15, 0.2) is 5.82 Å². The Balaban J connectivity index is 2.06. The van der Waals surface area contributed by atoms with E-state index in [4.69, 9.17) is 0 Å². The van der Waals surface area contributed by atoms with Crippen LogP contribution in [-0.2, 0) is 0 Å². The van der Waals surface area contributed by atoms with E-state index in [-0.39, 0.29) is 0 Å². The van der Waals surface area contributed by atoms with Gasteiger partial charge in [-0.2, -0.15) is 5.10 Å². The molecule has 1 aliphatic heterocycles. The monoisotopic (exact) mass is 232 g/mol. The molecule has 3 heterocycles. The molecule has 1 fully saturated rings. The van der Waals surface area contributed by atoms with Gasteiger partial charge < -0.3 is 10.0 Å². The van der Waals surface area contributed by atoms with Crippen molar-refractivity contribution in [2.24, 2.45) is 0 Å². The van der Waals surface area contributed by atoms with E-state index in [1.165, 1.54) is 0 Å². The van der Waals surface area contributed by atoms with Gasteiger partial charge in [-0.1, -0.05) is 0 Å². The van der Waals surface area contributed by atoms with Crippen molar-refractivity contribution in [1.82, 2.24) is 14.6 Å². The average Bonchev–Trinajstić information content (AvgIpc) is 2.79. The summed E-state index contributed by atoms with van der Waals surface area (Å²) in [4.78, 5) is 6.54. The molecule has 90 valence electrons. The summed E-state index contributed by atoms with van der Waals surface area (Å²) < 4.78 is 1.84. The largest absolute Gasteiger partial charge is 0.388 e. The van der Waals surface area contributed by atoms with E-state index in [9.17, 15) is 5.11 Å². The minimum Gasteiger partial charge on any atom is -0.388 e. The zero-order valence-electron chi connectivity index (χ0n) is 10.1. The van der Waals surface area contributed by atoms with E-state index >= 15 is 0 Å². The SMILES string of the molecule is Cc1cc2c(N3CCC(C)(O)C3)nccn2n1. The van der Waals surface area contributed by atoms with Crippen LogP contribution in [0.2, 0.25) is 0 Å². The topological polar surface area (TPSA) is 53.7 Å². The van der Waals surface area contributed by atoms with Gasteiger partial charge in [0.1, 0.15) is 5.52 Å². The second-order valence-electron chi connectivity index (χ2n) is 5.03. The summed E-state index contributed by atoms with van der Waals surface area (Å²) in [5.41, 5.74) is 1.37. The average molecular weight is 232 g/mol. The Labute approximate surface area is 99.7 Å². The Morgan fingerprint density at radius 3 is 3.00 bits per heavy atom. The van der Waals surface area contributed by atoms with E-state index in [0.717, 1.165) is 30.0 Å². The van der Waals surface area contributed by atoms with Gasteiger partial charge in [0, 0.05) is 25.5 Å². The summed E-state index contributed by atoms with van der Waals surface area (Å²) in [6.07, 6.45) is 4.38. The highest BCUT2D eigenvalue weighted by Crippen LogP contribution is 2.27. The minimum atomic E-state index is -0.608. The van der Waals surface area contributed by atoms with Crippen molar-refractivity contribution < 1.29 is 5.11 Å². The van der Waals surface area contributed by atoms with Gasteiger partial charge in [-0.15, -0.1) is 0 Å². The van der Waals surface area contributed by atoms with E-state index in [0.29, 0.717) is 6.54 Å². The predicted molar refractivity (Wildman–Crippen MR) is 65.2 cm³/mol. The Morgan fingerprint density at radius 2 is 2.29 bits per heavy atom. The molecule has 3 rings (SSSR count). The van der Waals surface area contributed by atoms with Gasteiger partial charge >= 0.3 is 0 Å². The van der Waals surface area contributed by atoms with E-state index in [2.05, 4.69) is 15.0 Å². The number of anilines is 1. The molecule has 0 aromatic carbocycles. The first kappa shape index (κ1) is 10.5. The lowest BCUT2D eigenvalue weighted by molar-refractivity contribution is 0.0839. The molecule has 5 heteroatoms. The van der Waals surface area contributed by atoms with Crippen LogP contribution in [-0.4, -0.2) is 38.4 Å². The summed E-state index contributed by atoms with van der Waals surface area (Å²) in [7, 11) is 0. The van der Waals surface area contributed by atoms with Crippen LogP contribution in [0.3, 0.4) is 0 Å². The van der Waals surface area contributed by atoms with Crippen molar-refractivity contribution >= 4 is 11.3 Å². The zero-order chi connectivity index (χ0) is 12.0. The van der Waals surface area contributed by atoms with Crippen molar-refractivity contribution in [2.45, 2.75) is 25.9 Å². The van der Waals surface area contributed by atoms with E-state index < -0.39 is 5.60 Å². The van der Waals surface area contributed by atoms with Crippen LogP contribution in [0, 0.1) is 6.92 Å². The molecular weight excluding hydrogens is 216 g/mol. The predicted octanol–water partition coefficient (Wildman–Crippen LogP) is 0.999. The molecule has 1 unspecified atom stereocenters.